The number of nitrogens with zero attached hydrogens (tertiary/aromatic N) is 3. The van der Waals surface area contributed by atoms with E-state index in [0.717, 1.165) is 6.42 Å². The molecule has 1 amide bonds. The van der Waals surface area contributed by atoms with E-state index in [1.54, 1.807) is 29.3 Å². The summed E-state index contributed by atoms with van der Waals surface area (Å²) in [6.45, 7) is 6.59. The first-order valence-electron chi connectivity index (χ1n) is 6.75. The molecule has 0 aromatic carbocycles. The molecule has 0 spiro atoms. The number of carbonyl (C=O) groups excluding carboxylic acids is 1. The van der Waals surface area contributed by atoms with Crippen LogP contribution in [0, 0.1) is 5.92 Å². The lowest BCUT2D eigenvalue weighted by Gasteiger charge is -2.31. The third kappa shape index (κ3) is 2.96. The molecule has 0 saturated heterocycles. The third-order valence-electron chi connectivity index (χ3n) is 3.29. The molecule has 2 heterocycles. The van der Waals surface area contributed by atoms with Crippen LogP contribution in [0.1, 0.15) is 37.6 Å². The SMILES string of the molecule is CC(C)CC(C)(CN)NC(=O)c1cnn2ccncc12. The van der Waals surface area contributed by atoms with Crippen molar-refractivity contribution in [2.24, 2.45) is 11.7 Å². The van der Waals surface area contributed by atoms with Crippen LogP contribution in [0.25, 0.3) is 5.52 Å². The van der Waals surface area contributed by atoms with Gasteiger partial charge < -0.3 is 11.1 Å². The number of nitrogens with two attached hydrogens (primary N) is 1. The van der Waals surface area contributed by atoms with Gasteiger partial charge in [-0.1, -0.05) is 13.8 Å². The molecule has 2 rings (SSSR count). The average Bonchev–Trinajstić information content (AvgIpc) is 2.81. The van der Waals surface area contributed by atoms with Crippen molar-refractivity contribution < 1.29 is 4.79 Å². The fourth-order valence-electron chi connectivity index (χ4n) is 2.44. The Labute approximate surface area is 118 Å². The van der Waals surface area contributed by atoms with Gasteiger partial charge in [0.1, 0.15) is 0 Å². The topological polar surface area (TPSA) is 85.3 Å². The van der Waals surface area contributed by atoms with Gasteiger partial charge in [0.25, 0.3) is 5.91 Å². The predicted molar refractivity (Wildman–Crippen MR) is 77.4 cm³/mol. The van der Waals surface area contributed by atoms with Gasteiger partial charge in [-0.15, -0.1) is 0 Å². The standard InChI is InChI=1S/C14H21N5O/c1-10(2)6-14(3,9-15)18-13(20)11-7-17-19-5-4-16-8-12(11)19/h4-5,7-8,10H,6,9,15H2,1-3H3,(H,18,20). The maximum atomic E-state index is 12.4. The van der Waals surface area contributed by atoms with Crippen molar-refractivity contribution in [3.05, 3.63) is 30.4 Å². The van der Waals surface area contributed by atoms with Crippen LogP contribution in [-0.2, 0) is 0 Å². The quantitative estimate of drug-likeness (QED) is 0.859. The fourth-order valence-corrected chi connectivity index (χ4v) is 2.44. The zero-order valence-corrected chi connectivity index (χ0v) is 12.1. The molecule has 1 atom stereocenters. The van der Waals surface area contributed by atoms with E-state index >= 15 is 0 Å². The van der Waals surface area contributed by atoms with Crippen molar-refractivity contribution >= 4 is 11.4 Å². The molecule has 6 heteroatoms. The highest BCUT2D eigenvalue weighted by atomic mass is 16.1. The molecule has 0 fully saturated rings. The van der Waals surface area contributed by atoms with E-state index in [2.05, 4.69) is 29.2 Å². The molecule has 0 saturated carbocycles. The Hall–Kier alpha value is -1.95. The molecule has 0 aliphatic rings. The second-order valence-electron chi connectivity index (χ2n) is 5.78. The van der Waals surface area contributed by atoms with E-state index in [1.807, 2.05) is 6.92 Å². The fraction of sp³-hybridized carbons (Fsp3) is 0.500. The minimum absolute atomic E-state index is 0.165. The molecule has 2 aromatic rings. The summed E-state index contributed by atoms with van der Waals surface area (Å²) in [6.07, 6.45) is 7.35. The number of hydrogen-bond acceptors (Lipinski definition) is 4. The highest BCUT2D eigenvalue weighted by Gasteiger charge is 2.27. The van der Waals surface area contributed by atoms with Crippen LogP contribution in [0.3, 0.4) is 0 Å². The molecule has 3 N–H and O–H groups in total. The largest absolute Gasteiger partial charge is 0.345 e. The van der Waals surface area contributed by atoms with Crippen LogP contribution in [0.4, 0.5) is 0 Å². The van der Waals surface area contributed by atoms with E-state index < -0.39 is 5.54 Å². The molecule has 0 radical (unpaired) electrons. The van der Waals surface area contributed by atoms with E-state index in [-0.39, 0.29) is 5.91 Å². The van der Waals surface area contributed by atoms with Crippen molar-refractivity contribution in [3.63, 3.8) is 0 Å². The van der Waals surface area contributed by atoms with Crippen LogP contribution in [0.2, 0.25) is 0 Å². The van der Waals surface area contributed by atoms with Crippen LogP contribution in [-0.4, -0.2) is 32.6 Å². The van der Waals surface area contributed by atoms with Crippen LogP contribution in [0.15, 0.2) is 24.8 Å². The summed E-state index contributed by atoms with van der Waals surface area (Å²) >= 11 is 0. The normalized spacial score (nSPS) is 14.4. The maximum absolute atomic E-state index is 12.4. The number of nitrogens with one attached hydrogen (secondary N) is 1. The highest BCUT2D eigenvalue weighted by Crippen LogP contribution is 2.17. The van der Waals surface area contributed by atoms with Crippen molar-refractivity contribution in [2.75, 3.05) is 6.54 Å². The Morgan fingerprint density at radius 3 is 2.90 bits per heavy atom. The first kappa shape index (κ1) is 14.5. The molecule has 6 nitrogen and oxygen atoms in total. The van der Waals surface area contributed by atoms with Crippen LogP contribution in [0.5, 0.6) is 0 Å². The monoisotopic (exact) mass is 275 g/mol. The number of rotatable bonds is 5. The van der Waals surface area contributed by atoms with Gasteiger partial charge in [0.05, 0.1) is 23.5 Å². The summed E-state index contributed by atoms with van der Waals surface area (Å²) in [7, 11) is 0. The van der Waals surface area contributed by atoms with Crippen LogP contribution < -0.4 is 11.1 Å². The van der Waals surface area contributed by atoms with Gasteiger partial charge in [0.2, 0.25) is 0 Å². The Bertz CT molecular complexity index is 606. The molecule has 0 bridgehead atoms. The predicted octanol–water partition coefficient (Wildman–Crippen LogP) is 1.22. The molecule has 0 aliphatic heterocycles. The zero-order valence-electron chi connectivity index (χ0n) is 12.1. The third-order valence-corrected chi connectivity index (χ3v) is 3.29. The summed E-state index contributed by atoms with van der Waals surface area (Å²) in [5.41, 5.74) is 6.61. The number of amides is 1. The highest BCUT2D eigenvalue weighted by molar-refractivity contribution is 6.00. The minimum Gasteiger partial charge on any atom is -0.345 e. The van der Waals surface area contributed by atoms with Crippen molar-refractivity contribution in [1.29, 1.82) is 0 Å². The molecular formula is C14H21N5O. The molecule has 108 valence electrons. The number of carbonyl (C=O) groups is 1. The van der Waals surface area contributed by atoms with Crippen molar-refractivity contribution in [2.45, 2.75) is 32.7 Å². The summed E-state index contributed by atoms with van der Waals surface area (Å²) < 4.78 is 1.63. The van der Waals surface area contributed by atoms with E-state index in [4.69, 9.17) is 5.73 Å². The number of hydrogen-bond donors (Lipinski definition) is 2. The van der Waals surface area contributed by atoms with Gasteiger partial charge in [-0.25, -0.2) is 4.52 Å². The van der Waals surface area contributed by atoms with Crippen LogP contribution >= 0.6 is 0 Å². The summed E-state index contributed by atoms with van der Waals surface area (Å²) in [5, 5.41) is 7.17. The molecular weight excluding hydrogens is 254 g/mol. The Morgan fingerprint density at radius 2 is 2.25 bits per heavy atom. The molecule has 2 aromatic heterocycles. The van der Waals surface area contributed by atoms with Crippen molar-refractivity contribution in [3.8, 4) is 0 Å². The summed E-state index contributed by atoms with van der Waals surface area (Å²) in [4.78, 5) is 16.5. The molecule has 20 heavy (non-hydrogen) atoms. The van der Waals surface area contributed by atoms with Crippen molar-refractivity contribution in [1.82, 2.24) is 19.9 Å². The first-order chi connectivity index (χ1) is 9.45. The summed E-state index contributed by atoms with van der Waals surface area (Å²) in [5.74, 6) is 0.288. The Balaban J connectivity index is 2.23. The van der Waals surface area contributed by atoms with Gasteiger partial charge in [0, 0.05) is 24.5 Å². The molecule has 0 aliphatic carbocycles. The lowest BCUT2D eigenvalue weighted by molar-refractivity contribution is 0.0900. The number of fused-ring (bicyclic) bond motifs is 1. The average molecular weight is 275 g/mol. The molecule has 1 unspecified atom stereocenters. The van der Waals surface area contributed by atoms with Gasteiger partial charge >= 0.3 is 0 Å². The smallest absolute Gasteiger partial charge is 0.255 e. The zero-order chi connectivity index (χ0) is 14.8. The van der Waals surface area contributed by atoms with E-state index in [0.29, 0.717) is 23.5 Å². The van der Waals surface area contributed by atoms with Gasteiger partial charge in [0.15, 0.2) is 0 Å². The lowest BCUT2D eigenvalue weighted by Crippen LogP contribution is -2.52. The van der Waals surface area contributed by atoms with Gasteiger partial charge in [-0.3, -0.25) is 9.78 Å². The lowest BCUT2D eigenvalue weighted by atomic mass is 9.90. The summed E-state index contributed by atoms with van der Waals surface area (Å²) in [6, 6.07) is 0. The van der Waals surface area contributed by atoms with Gasteiger partial charge in [-0.05, 0) is 19.3 Å². The second-order valence-corrected chi connectivity index (χ2v) is 5.78. The Kier molecular flexibility index (Phi) is 4.04. The van der Waals surface area contributed by atoms with E-state index in [1.165, 1.54) is 0 Å². The first-order valence-corrected chi connectivity index (χ1v) is 6.75. The second kappa shape index (κ2) is 5.58. The maximum Gasteiger partial charge on any atom is 0.255 e. The van der Waals surface area contributed by atoms with Gasteiger partial charge in [-0.2, -0.15) is 5.10 Å². The minimum atomic E-state index is -0.415. The van der Waals surface area contributed by atoms with E-state index in [9.17, 15) is 4.79 Å². The Morgan fingerprint density at radius 1 is 1.50 bits per heavy atom. The number of aromatic nitrogens is 3.